The van der Waals surface area contributed by atoms with Crippen LogP contribution in [0.5, 0.6) is 5.75 Å². The van der Waals surface area contributed by atoms with Gasteiger partial charge in [0.05, 0.1) is 6.54 Å². The Labute approximate surface area is 182 Å². The van der Waals surface area contributed by atoms with Crippen LogP contribution in [0.1, 0.15) is 39.0 Å². The third-order valence-corrected chi connectivity index (χ3v) is 5.45. The summed E-state index contributed by atoms with van der Waals surface area (Å²) in [5, 5.41) is 12.7. The Kier molecular flexibility index (Phi) is 10.2. The lowest BCUT2D eigenvalue weighted by molar-refractivity contribution is -0.123. The molecule has 2 fully saturated rings. The normalized spacial score (nSPS) is 20.3. The first-order valence-corrected chi connectivity index (χ1v) is 10.7. The Hall–Kier alpha value is -2.68. The van der Waals surface area contributed by atoms with Crippen LogP contribution in [0.3, 0.4) is 0 Å². The van der Waals surface area contributed by atoms with Crippen LogP contribution >= 0.6 is 0 Å². The van der Waals surface area contributed by atoms with Crippen molar-refractivity contribution in [1.29, 1.82) is 0 Å². The van der Waals surface area contributed by atoms with Crippen molar-refractivity contribution in [2.75, 3.05) is 26.2 Å². The molecule has 0 spiro atoms. The lowest BCUT2D eigenvalue weighted by Crippen LogP contribution is -2.45. The average Bonchev–Trinajstić information content (AvgIpc) is 3.47. The lowest BCUT2D eigenvalue weighted by atomic mass is 10.1. The van der Waals surface area contributed by atoms with Crippen LogP contribution in [0.2, 0.25) is 0 Å². The maximum absolute atomic E-state index is 12.9. The van der Waals surface area contributed by atoms with E-state index in [2.05, 4.69) is 15.5 Å². The second-order valence-electron chi connectivity index (χ2n) is 7.92. The van der Waals surface area contributed by atoms with Gasteiger partial charge in [0.25, 0.3) is 6.47 Å². The highest BCUT2D eigenvalue weighted by Gasteiger charge is 2.37. The zero-order chi connectivity index (χ0) is 22.6. The van der Waals surface area contributed by atoms with Gasteiger partial charge in [0.1, 0.15) is 18.2 Å². The molecule has 9 heteroatoms. The molecule has 2 aliphatic rings. The first kappa shape index (κ1) is 24.6. The zero-order valence-electron chi connectivity index (χ0n) is 17.9. The molecule has 3 N–H and O–H groups in total. The second kappa shape index (κ2) is 12.9. The van der Waals surface area contributed by atoms with E-state index < -0.39 is 0 Å². The van der Waals surface area contributed by atoms with Crippen molar-refractivity contribution < 1.29 is 28.6 Å². The average molecular weight is 438 g/mol. The molecule has 1 aromatic carbocycles. The summed E-state index contributed by atoms with van der Waals surface area (Å²) in [5.74, 6) is 1.04. The molecule has 2 amide bonds. The number of hydrogen-bond acceptors (Lipinski definition) is 5. The van der Waals surface area contributed by atoms with E-state index in [1.165, 1.54) is 25.0 Å². The van der Waals surface area contributed by atoms with E-state index in [0.717, 1.165) is 25.3 Å². The van der Waals surface area contributed by atoms with Gasteiger partial charge >= 0.3 is 0 Å². The van der Waals surface area contributed by atoms with Crippen LogP contribution in [-0.2, 0) is 14.4 Å². The van der Waals surface area contributed by atoms with Crippen molar-refractivity contribution >= 4 is 18.3 Å². The van der Waals surface area contributed by atoms with E-state index >= 15 is 0 Å². The molecular weight excluding hydrogens is 405 g/mol. The van der Waals surface area contributed by atoms with Gasteiger partial charge in [-0.2, -0.15) is 0 Å². The van der Waals surface area contributed by atoms with Crippen molar-refractivity contribution in [2.24, 2.45) is 5.92 Å². The van der Waals surface area contributed by atoms with E-state index in [4.69, 9.17) is 14.6 Å². The summed E-state index contributed by atoms with van der Waals surface area (Å²) in [6.07, 6.45) is 5.00. The highest BCUT2D eigenvalue weighted by Crippen LogP contribution is 2.35. The molecular formula is C22H32FN3O5. The predicted molar refractivity (Wildman–Crippen MR) is 113 cm³/mol. The first-order valence-electron chi connectivity index (χ1n) is 10.7. The predicted octanol–water partition coefficient (Wildman–Crippen LogP) is 1.79. The molecule has 0 radical (unpaired) electrons. The third-order valence-electron chi connectivity index (χ3n) is 5.45. The molecule has 2 atom stereocenters. The molecule has 0 aromatic heterocycles. The van der Waals surface area contributed by atoms with Crippen LogP contribution in [0, 0.1) is 11.7 Å². The number of amides is 2. The fourth-order valence-corrected chi connectivity index (χ4v) is 3.79. The Morgan fingerprint density at radius 1 is 1.16 bits per heavy atom. The van der Waals surface area contributed by atoms with Crippen LogP contribution in [0.4, 0.5) is 4.39 Å². The molecule has 1 aliphatic heterocycles. The van der Waals surface area contributed by atoms with Gasteiger partial charge < -0.3 is 20.5 Å². The van der Waals surface area contributed by atoms with Gasteiger partial charge in [0, 0.05) is 38.5 Å². The topological polar surface area (TPSA) is 108 Å². The highest BCUT2D eigenvalue weighted by molar-refractivity contribution is 5.76. The van der Waals surface area contributed by atoms with Crippen molar-refractivity contribution in [3.05, 3.63) is 30.1 Å². The van der Waals surface area contributed by atoms with Gasteiger partial charge in [0.2, 0.25) is 11.8 Å². The lowest BCUT2D eigenvalue weighted by Gasteiger charge is -2.30. The van der Waals surface area contributed by atoms with Gasteiger partial charge in [-0.1, -0.05) is 0 Å². The Balaban J connectivity index is 0.00000107. The zero-order valence-corrected chi connectivity index (χ0v) is 17.9. The minimum absolute atomic E-state index is 0.00582. The number of halogens is 1. The summed E-state index contributed by atoms with van der Waals surface area (Å²) in [6, 6.07) is 6.39. The van der Waals surface area contributed by atoms with Gasteiger partial charge in [-0.05, 0) is 55.9 Å². The molecule has 0 bridgehead atoms. The standard InChI is InChI=1S/C21H30FN3O3.CH2O2/c1-15(26)24-13-19-7-6-18(25(19)14-16-2-3-16)12-21(27)23-10-11-28-20-8-4-17(22)5-9-20;2-1-3/h4-5,8-9,16,18-19H,2-3,6-7,10-14H2,1H3,(H,23,27)(H,24,26);1H,(H,2,3)/t18-,19+;/m0./s1. The maximum atomic E-state index is 12.9. The molecule has 3 rings (SSSR count). The number of benzene rings is 1. The van der Waals surface area contributed by atoms with Gasteiger partial charge in [0.15, 0.2) is 0 Å². The SMILES string of the molecule is CC(=O)NC[C@H]1CC[C@@H](CC(=O)NCCOc2ccc(F)cc2)N1CC1CC1.O=CO. The van der Waals surface area contributed by atoms with E-state index in [1.54, 1.807) is 19.1 Å². The molecule has 8 nitrogen and oxygen atoms in total. The maximum Gasteiger partial charge on any atom is 0.290 e. The summed E-state index contributed by atoms with van der Waals surface area (Å²) in [4.78, 5) is 34.4. The number of carboxylic acid groups (broad SMARTS) is 1. The molecule has 31 heavy (non-hydrogen) atoms. The van der Waals surface area contributed by atoms with Crippen molar-refractivity contribution in [3.63, 3.8) is 0 Å². The molecule has 1 aromatic rings. The number of carbonyl (C=O) groups excluding carboxylic acids is 2. The molecule has 172 valence electrons. The minimum Gasteiger partial charge on any atom is -0.492 e. The Morgan fingerprint density at radius 2 is 1.81 bits per heavy atom. The molecule has 1 saturated carbocycles. The van der Waals surface area contributed by atoms with Crippen molar-refractivity contribution in [2.45, 2.75) is 51.1 Å². The van der Waals surface area contributed by atoms with Crippen LogP contribution in [0.15, 0.2) is 24.3 Å². The van der Waals surface area contributed by atoms with Crippen LogP contribution < -0.4 is 15.4 Å². The molecule has 1 heterocycles. The largest absolute Gasteiger partial charge is 0.492 e. The summed E-state index contributed by atoms with van der Waals surface area (Å²) < 4.78 is 18.4. The van der Waals surface area contributed by atoms with Gasteiger partial charge in [-0.25, -0.2) is 4.39 Å². The van der Waals surface area contributed by atoms with Crippen LogP contribution in [0.25, 0.3) is 0 Å². The first-order chi connectivity index (χ1) is 14.9. The summed E-state index contributed by atoms with van der Waals surface area (Å²) in [6.45, 7) is 3.74. The van der Waals surface area contributed by atoms with Crippen molar-refractivity contribution in [3.8, 4) is 5.75 Å². The number of ether oxygens (including phenoxy) is 1. The molecule has 1 saturated heterocycles. The highest BCUT2D eigenvalue weighted by atomic mass is 19.1. The fraction of sp³-hybridized carbons (Fsp3) is 0.591. The summed E-state index contributed by atoms with van der Waals surface area (Å²) in [5.41, 5.74) is 0. The van der Waals surface area contributed by atoms with Crippen molar-refractivity contribution in [1.82, 2.24) is 15.5 Å². The number of carbonyl (C=O) groups is 3. The van der Waals surface area contributed by atoms with E-state index in [1.807, 2.05) is 0 Å². The quantitative estimate of drug-likeness (QED) is 0.381. The smallest absolute Gasteiger partial charge is 0.290 e. The number of likely N-dealkylation sites (tertiary alicyclic amines) is 1. The number of nitrogens with one attached hydrogen (secondary N) is 2. The fourth-order valence-electron chi connectivity index (χ4n) is 3.79. The Bertz CT molecular complexity index is 712. The van der Waals surface area contributed by atoms with Gasteiger partial charge in [-0.15, -0.1) is 0 Å². The number of rotatable bonds is 10. The number of nitrogens with zero attached hydrogens (tertiary/aromatic N) is 1. The number of hydrogen-bond donors (Lipinski definition) is 3. The molecule has 0 unspecified atom stereocenters. The third kappa shape index (κ3) is 9.33. The Morgan fingerprint density at radius 3 is 2.42 bits per heavy atom. The van der Waals surface area contributed by atoms with Crippen LogP contribution in [-0.4, -0.2) is 66.6 Å². The second-order valence-corrected chi connectivity index (χ2v) is 7.92. The monoisotopic (exact) mass is 437 g/mol. The minimum atomic E-state index is -0.301. The van der Waals surface area contributed by atoms with E-state index in [9.17, 15) is 14.0 Å². The summed E-state index contributed by atoms with van der Waals surface area (Å²) >= 11 is 0. The summed E-state index contributed by atoms with van der Waals surface area (Å²) in [7, 11) is 0. The molecule has 1 aliphatic carbocycles. The van der Waals surface area contributed by atoms with Gasteiger partial charge in [-0.3, -0.25) is 19.3 Å². The van der Waals surface area contributed by atoms with E-state index in [-0.39, 0.29) is 30.1 Å². The van der Waals surface area contributed by atoms with E-state index in [0.29, 0.717) is 37.9 Å².